The van der Waals surface area contributed by atoms with Crippen LogP contribution in [0.5, 0.6) is 5.75 Å². The van der Waals surface area contributed by atoms with Crippen LogP contribution < -0.4 is 10.1 Å². The topological polar surface area (TPSA) is 21.3 Å². The van der Waals surface area contributed by atoms with Gasteiger partial charge in [-0.1, -0.05) is 38.3 Å². The largest absolute Gasteiger partial charge is 0.490 e. The molecule has 1 heterocycles. The minimum absolute atomic E-state index is 0.337. The van der Waals surface area contributed by atoms with E-state index in [0.29, 0.717) is 12.1 Å². The maximum absolute atomic E-state index is 6.11. The molecule has 2 nitrogen and oxygen atoms in total. The molecule has 0 saturated carbocycles. The minimum Gasteiger partial charge on any atom is -0.490 e. The molecule has 1 N–H and O–H groups in total. The van der Waals surface area contributed by atoms with Gasteiger partial charge in [-0.15, -0.1) is 0 Å². The zero-order chi connectivity index (χ0) is 13.7. The van der Waals surface area contributed by atoms with Gasteiger partial charge in [-0.3, -0.25) is 0 Å². The van der Waals surface area contributed by atoms with Crippen molar-refractivity contribution in [3.63, 3.8) is 0 Å². The van der Waals surface area contributed by atoms with Gasteiger partial charge in [0, 0.05) is 23.0 Å². The summed E-state index contributed by atoms with van der Waals surface area (Å²) in [6, 6.07) is 6.33. The SMILES string of the molecule is CCCCCC1CC(NCC)c2cc(Cl)ccc2O1. The van der Waals surface area contributed by atoms with E-state index in [1.807, 2.05) is 18.2 Å². The van der Waals surface area contributed by atoms with Crippen LogP contribution in [0.15, 0.2) is 18.2 Å². The smallest absolute Gasteiger partial charge is 0.124 e. The van der Waals surface area contributed by atoms with Crippen molar-refractivity contribution in [1.82, 2.24) is 5.32 Å². The molecular weight excluding hydrogens is 258 g/mol. The lowest BCUT2D eigenvalue weighted by atomic mass is 9.94. The molecule has 0 amide bonds. The monoisotopic (exact) mass is 281 g/mol. The molecular formula is C16H24ClNO. The highest BCUT2D eigenvalue weighted by atomic mass is 35.5. The first-order chi connectivity index (χ1) is 9.24. The first-order valence-electron chi connectivity index (χ1n) is 7.44. The van der Waals surface area contributed by atoms with Gasteiger partial charge >= 0.3 is 0 Å². The number of hydrogen-bond donors (Lipinski definition) is 1. The Morgan fingerprint density at radius 2 is 2.16 bits per heavy atom. The van der Waals surface area contributed by atoms with Crippen LogP contribution in [0.3, 0.4) is 0 Å². The van der Waals surface area contributed by atoms with Crippen molar-refractivity contribution in [3.8, 4) is 5.75 Å². The second kappa shape index (κ2) is 7.16. The molecule has 2 unspecified atom stereocenters. The third-order valence-electron chi connectivity index (χ3n) is 3.72. The molecule has 0 bridgehead atoms. The summed E-state index contributed by atoms with van der Waals surface area (Å²) >= 11 is 6.10. The van der Waals surface area contributed by atoms with Crippen LogP contribution in [-0.4, -0.2) is 12.6 Å². The Hall–Kier alpha value is -0.730. The van der Waals surface area contributed by atoms with E-state index in [-0.39, 0.29) is 0 Å². The summed E-state index contributed by atoms with van der Waals surface area (Å²) in [5.41, 5.74) is 1.21. The van der Waals surface area contributed by atoms with Crippen LogP contribution >= 0.6 is 11.6 Å². The number of fused-ring (bicyclic) bond motifs is 1. The number of rotatable bonds is 6. The van der Waals surface area contributed by atoms with Crippen molar-refractivity contribution in [2.24, 2.45) is 0 Å². The maximum Gasteiger partial charge on any atom is 0.124 e. The Balaban J connectivity index is 2.09. The van der Waals surface area contributed by atoms with Crippen LogP contribution in [0.2, 0.25) is 5.02 Å². The molecule has 1 aliphatic heterocycles. The molecule has 2 atom stereocenters. The molecule has 2 rings (SSSR count). The number of unbranched alkanes of at least 4 members (excludes halogenated alkanes) is 2. The summed E-state index contributed by atoms with van der Waals surface area (Å²) in [4.78, 5) is 0. The Morgan fingerprint density at radius 1 is 1.32 bits per heavy atom. The Kier molecular flexibility index (Phi) is 5.53. The summed E-state index contributed by atoms with van der Waals surface area (Å²) in [6.07, 6.45) is 6.34. The first-order valence-corrected chi connectivity index (χ1v) is 7.81. The van der Waals surface area contributed by atoms with Crippen molar-refractivity contribution in [2.45, 2.75) is 58.1 Å². The van der Waals surface area contributed by atoms with E-state index in [1.54, 1.807) is 0 Å². The molecule has 0 fully saturated rings. The maximum atomic E-state index is 6.11. The van der Waals surface area contributed by atoms with Crippen LogP contribution in [-0.2, 0) is 0 Å². The van der Waals surface area contributed by atoms with E-state index >= 15 is 0 Å². The number of halogens is 1. The highest BCUT2D eigenvalue weighted by Gasteiger charge is 2.27. The Morgan fingerprint density at radius 3 is 2.89 bits per heavy atom. The quantitative estimate of drug-likeness (QED) is 0.762. The number of hydrogen-bond acceptors (Lipinski definition) is 2. The molecule has 0 radical (unpaired) electrons. The van der Waals surface area contributed by atoms with Gasteiger partial charge in [0.1, 0.15) is 11.9 Å². The fourth-order valence-electron chi connectivity index (χ4n) is 2.75. The minimum atomic E-state index is 0.337. The van der Waals surface area contributed by atoms with Crippen LogP contribution in [0.25, 0.3) is 0 Å². The standard InChI is InChI=1S/C16H24ClNO/c1-3-5-6-7-13-11-15(18-4-2)14-10-12(17)8-9-16(14)19-13/h8-10,13,15,18H,3-7,11H2,1-2H3. The molecule has 0 saturated heterocycles. The van der Waals surface area contributed by atoms with Gasteiger partial charge in [0.15, 0.2) is 0 Å². The van der Waals surface area contributed by atoms with Gasteiger partial charge in [-0.05, 0) is 37.6 Å². The molecule has 106 valence electrons. The second-order valence-electron chi connectivity index (χ2n) is 5.26. The predicted octanol–water partition coefficient (Wildman–Crippen LogP) is 4.72. The predicted molar refractivity (Wildman–Crippen MR) is 81.0 cm³/mol. The normalized spacial score (nSPS) is 21.8. The van der Waals surface area contributed by atoms with Crippen LogP contribution in [0.1, 0.15) is 57.6 Å². The average Bonchev–Trinajstić information content (AvgIpc) is 2.40. The fraction of sp³-hybridized carbons (Fsp3) is 0.625. The lowest BCUT2D eigenvalue weighted by molar-refractivity contribution is 0.138. The molecule has 1 aliphatic rings. The van der Waals surface area contributed by atoms with Crippen molar-refractivity contribution in [1.29, 1.82) is 0 Å². The summed E-state index contributed by atoms with van der Waals surface area (Å²) in [7, 11) is 0. The van der Waals surface area contributed by atoms with Crippen molar-refractivity contribution in [2.75, 3.05) is 6.54 Å². The van der Waals surface area contributed by atoms with Gasteiger partial charge in [-0.25, -0.2) is 0 Å². The lowest BCUT2D eigenvalue weighted by Gasteiger charge is -2.33. The Labute approximate surface area is 121 Å². The summed E-state index contributed by atoms with van der Waals surface area (Å²) in [5, 5.41) is 4.34. The molecule has 19 heavy (non-hydrogen) atoms. The van der Waals surface area contributed by atoms with E-state index in [0.717, 1.165) is 30.2 Å². The second-order valence-corrected chi connectivity index (χ2v) is 5.70. The van der Waals surface area contributed by atoms with Crippen molar-refractivity contribution in [3.05, 3.63) is 28.8 Å². The van der Waals surface area contributed by atoms with E-state index in [1.165, 1.54) is 24.8 Å². The van der Waals surface area contributed by atoms with Crippen LogP contribution in [0.4, 0.5) is 0 Å². The number of ether oxygens (including phenoxy) is 1. The zero-order valence-corrected chi connectivity index (χ0v) is 12.7. The van der Waals surface area contributed by atoms with Crippen molar-refractivity contribution >= 4 is 11.6 Å². The lowest BCUT2D eigenvalue weighted by Crippen LogP contribution is -2.33. The third kappa shape index (κ3) is 3.87. The third-order valence-corrected chi connectivity index (χ3v) is 3.95. The summed E-state index contributed by atoms with van der Waals surface area (Å²) in [5.74, 6) is 1.00. The molecule has 1 aromatic rings. The van der Waals surface area contributed by atoms with E-state index < -0.39 is 0 Å². The highest BCUT2D eigenvalue weighted by molar-refractivity contribution is 6.30. The van der Waals surface area contributed by atoms with Crippen LogP contribution in [0, 0.1) is 0 Å². The average molecular weight is 282 g/mol. The van der Waals surface area contributed by atoms with Gasteiger partial charge in [-0.2, -0.15) is 0 Å². The summed E-state index contributed by atoms with van der Waals surface area (Å²) in [6.45, 7) is 5.35. The first kappa shape index (κ1) is 14.7. The van der Waals surface area contributed by atoms with E-state index in [2.05, 4.69) is 19.2 Å². The Bertz CT molecular complexity index is 408. The van der Waals surface area contributed by atoms with Crippen molar-refractivity contribution < 1.29 is 4.74 Å². The van der Waals surface area contributed by atoms with E-state index in [9.17, 15) is 0 Å². The number of benzene rings is 1. The molecule has 0 spiro atoms. The molecule has 1 aromatic carbocycles. The van der Waals surface area contributed by atoms with E-state index in [4.69, 9.17) is 16.3 Å². The molecule has 3 heteroatoms. The van der Waals surface area contributed by atoms with Gasteiger partial charge in [0.05, 0.1) is 0 Å². The summed E-state index contributed by atoms with van der Waals surface area (Å²) < 4.78 is 6.11. The fourth-order valence-corrected chi connectivity index (χ4v) is 2.94. The zero-order valence-electron chi connectivity index (χ0n) is 11.9. The van der Waals surface area contributed by atoms with Gasteiger partial charge in [0.2, 0.25) is 0 Å². The molecule has 0 aromatic heterocycles. The number of nitrogens with one attached hydrogen (secondary N) is 1. The highest BCUT2D eigenvalue weighted by Crippen LogP contribution is 2.37. The van der Waals surface area contributed by atoms with Gasteiger partial charge < -0.3 is 10.1 Å². The molecule has 0 aliphatic carbocycles. The van der Waals surface area contributed by atoms with Gasteiger partial charge in [0.25, 0.3) is 0 Å².